The SMILES string of the molecule is C=C/C=C\C=C\[C@H]1[C@H](CI)OC(=O)N1C/C=C\C(=C/C=C)O/C(C)=C/C=C(\C)Cl. The Morgan fingerprint density at radius 2 is 1.97 bits per heavy atom. The molecule has 0 aromatic heterocycles. The van der Waals surface area contributed by atoms with Crippen LogP contribution in [0.25, 0.3) is 0 Å². The highest BCUT2D eigenvalue weighted by Gasteiger charge is 2.38. The summed E-state index contributed by atoms with van der Waals surface area (Å²) < 4.78 is 12.0. The van der Waals surface area contributed by atoms with E-state index in [0.29, 0.717) is 27.5 Å². The highest BCUT2D eigenvalue weighted by molar-refractivity contribution is 14.1. The van der Waals surface area contributed by atoms with Gasteiger partial charge in [-0.25, -0.2) is 4.79 Å². The molecule has 0 unspecified atom stereocenters. The minimum absolute atomic E-state index is 0.135. The van der Waals surface area contributed by atoms with Crippen LogP contribution in [-0.2, 0) is 9.47 Å². The second kappa shape index (κ2) is 14.1. The van der Waals surface area contributed by atoms with Crippen molar-refractivity contribution in [2.24, 2.45) is 0 Å². The minimum Gasteiger partial charge on any atom is -0.462 e. The number of cyclic esters (lactones) is 1. The average Bonchev–Trinajstić information content (AvgIpc) is 2.98. The summed E-state index contributed by atoms with van der Waals surface area (Å²) >= 11 is 8.06. The van der Waals surface area contributed by atoms with Crippen molar-refractivity contribution in [3.63, 3.8) is 0 Å². The van der Waals surface area contributed by atoms with Crippen LogP contribution in [0.3, 0.4) is 0 Å². The van der Waals surface area contributed by atoms with Gasteiger partial charge in [0, 0.05) is 16.0 Å². The second-order valence-corrected chi connectivity index (χ2v) is 7.54. The predicted molar refractivity (Wildman–Crippen MR) is 130 cm³/mol. The first-order chi connectivity index (χ1) is 13.9. The molecule has 1 rings (SSSR count). The quantitative estimate of drug-likeness (QED) is 0.132. The van der Waals surface area contributed by atoms with E-state index >= 15 is 0 Å². The Labute approximate surface area is 192 Å². The Morgan fingerprint density at radius 1 is 1.21 bits per heavy atom. The fraction of sp³-hybridized carbons (Fsp3) is 0.261. The van der Waals surface area contributed by atoms with Crippen LogP contribution in [0.2, 0.25) is 0 Å². The Bertz CT molecular complexity index is 758. The lowest BCUT2D eigenvalue weighted by Crippen LogP contribution is -2.35. The molecule has 0 aromatic rings. The molecule has 1 aliphatic rings. The second-order valence-electron chi connectivity index (χ2n) is 6.06. The van der Waals surface area contributed by atoms with Gasteiger partial charge in [-0.1, -0.05) is 89.9 Å². The fourth-order valence-corrected chi connectivity index (χ4v) is 3.19. The van der Waals surface area contributed by atoms with E-state index in [1.165, 1.54) is 0 Å². The van der Waals surface area contributed by atoms with Crippen molar-refractivity contribution < 1.29 is 14.3 Å². The molecule has 1 aliphatic heterocycles. The monoisotopic (exact) mass is 527 g/mol. The van der Waals surface area contributed by atoms with Gasteiger partial charge < -0.3 is 9.47 Å². The summed E-state index contributed by atoms with van der Waals surface area (Å²) in [6.07, 6.45) is 19.4. The van der Waals surface area contributed by atoms with Gasteiger partial charge >= 0.3 is 6.09 Å². The molecule has 0 bridgehead atoms. The molecule has 0 saturated carbocycles. The summed E-state index contributed by atoms with van der Waals surface area (Å²) in [7, 11) is 0. The molecule has 0 N–H and O–H groups in total. The molecule has 1 saturated heterocycles. The topological polar surface area (TPSA) is 38.8 Å². The van der Waals surface area contributed by atoms with E-state index in [2.05, 4.69) is 35.7 Å². The van der Waals surface area contributed by atoms with Crippen molar-refractivity contribution in [2.45, 2.75) is 26.0 Å². The summed E-state index contributed by atoms with van der Waals surface area (Å²) in [6.45, 7) is 11.4. The van der Waals surface area contributed by atoms with Crippen LogP contribution in [0, 0.1) is 0 Å². The number of alkyl halides is 1. The van der Waals surface area contributed by atoms with Crippen LogP contribution in [0.5, 0.6) is 0 Å². The van der Waals surface area contributed by atoms with Crippen molar-refractivity contribution in [1.29, 1.82) is 0 Å². The smallest absolute Gasteiger partial charge is 0.411 e. The molecule has 2 atom stereocenters. The lowest BCUT2D eigenvalue weighted by molar-refractivity contribution is 0.141. The van der Waals surface area contributed by atoms with E-state index in [4.69, 9.17) is 21.1 Å². The highest BCUT2D eigenvalue weighted by Crippen LogP contribution is 2.23. The zero-order valence-electron chi connectivity index (χ0n) is 16.8. The standard InChI is InChI=1S/C23H27ClINO3/c1-5-7-8-9-13-21-22(17-25)29-23(27)26(21)16-10-12-20(11-6-2)28-19(4)15-14-18(3)24/h5-15,21-22H,1-2,16-17H2,3-4H3/b8-7-,12-10-,13-9+,18-14+,19-15+,20-11+/t21-,22-/m0/s1. The van der Waals surface area contributed by atoms with Crippen LogP contribution in [-0.4, -0.2) is 34.1 Å². The largest absolute Gasteiger partial charge is 0.462 e. The van der Waals surface area contributed by atoms with E-state index in [1.807, 2.05) is 37.3 Å². The van der Waals surface area contributed by atoms with Gasteiger partial charge in [0.25, 0.3) is 0 Å². The molecule has 0 radical (unpaired) electrons. The number of carbonyl (C=O) groups excluding carboxylic acids is 1. The minimum atomic E-state index is -0.326. The van der Waals surface area contributed by atoms with Gasteiger partial charge in [-0.15, -0.1) is 0 Å². The lowest BCUT2D eigenvalue weighted by atomic mass is 10.1. The first-order valence-electron chi connectivity index (χ1n) is 9.09. The molecule has 6 heteroatoms. The lowest BCUT2D eigenvalue weighted by Gasteiger charge is -2.19. The van der Waals surface area contributed by atoms with Gasteiger partial charge in [-0.05, 0) is 38.2 Å². The molecule has 1 amide bonds. The zero-order valence-corrected chi connectivity index (χ0v) is 19.7. The van der Waals surface area contributed by atoms with Gasteiger partial charge in [0.2, 0.25) is 0 Å². The van der Waals surface area contributed by atoms with Crippen molar-refractivity contribution >= 4 is 40.3 Å². The summed E-state index contributed by atoms with van der Waals surface area (Å²) in [4.78, 5) is 14.0. The number of amides is 1. The van der Waals surface area contributed by atoms with E-state index in [0.717, 1.165) is 0 Å². The predicted octanol–water partition coefficient (Wildman–Crippen LogP) is 6.60. The molecule has 0 aromatic carbocycles. The van der Waals surface area contributed by atoms with Crippen molar-refractivity contribution in [3.05, 3.63) is 96.5 Å². The molecule has 1 fully saturated rings. The third-order valence-electron chi connectivity index (χ3n) is 3.74. The molecular weight excluding hydrogens is 501 g/mol. The van der Waals surface area contributed by atoms with Gasteiger partial charge in [0.05, 0.1) is 6.04 Å². The highest BCUT2D eigenvalue weighted by atomic mass is 127. The van der Waals surface area contributed by atoms with E-state index in [1.54, 1.807) is 48.3 Å². The third-order valence-corrected chi connectivity index (χ3v) is 4.73. The Hall–Kier alpha value is -1.99. The van der Waals surface area contributed by atoms with Crippen LogP contribution in [0.4, 0.5) is 4.79 Å². The molecule has 156 valence electrons. The van der Waals surface area contributed by atoms with Gasteiger partial charge in [0.15, 0.2) is 0 Å². The molecule has 0 spiro atoms. The molecule has 0 aliphatic carbocycles. The number of allylic oxidation sites excluding steroid dienone is 11. The number of halogens is 2. The maximum atomic E-state index is 12.3. The first-order valence-corrected chi connectivity index (χ1v) is 11.0. The van der Waals surface area contributed by atoms with Crippen LogP contribution < -0.4 is 0 Å². The molecule has 1 heterocycles. The maximum Gasteiger partial charge on any atom is 0.411 e. The Kier molecular flexibility index (Phi) is 12.1. The fourth-order valence-electron chi connectivity index (χ4n) is 2.43. The summed E-state index contributed by atoms with van der Waals surface area (Å²) in [5, 5.41) is 0.664. The van der Waals surface area contributed by atoms with E-state index in [-0.39, 0.29) is 18.2 Å². The number of hydrogen-bond donors (Lipinski definition) is 0. The van der Waals surface area contributed by atoms with Crippen LogP contribution in [0.1, 0.15) is 13.8 Å². The van der Waals surface area contributed by atoms with Crippen LogP contribution in [0.15, 0.2) is 96.5 Å². The van der Waals surface area contributed by atoms with Gasteiger partial charge in [-0.3, -0.25) is 4.90 Å². The van der Waals surface area contributed by atoms with Crippen molar-refractivity contribution in [2.75, 3.05) is 11.0 Å². The van der Waals surface area contributed by atoms with Gasteiger partial charge in [-0.2, -0.15) is 0 Å². The number of rotatable bonds is 11. The average molecular weight is 528 g/mol. The number of carbonyl (C=O) groups is 1. The van der Waals surface area contributed by atoms with E-state index < -0.39 is 0 Å². The van der Waals surface area contributed by atoms with Crippen molar-refractivity contribution in [1.82, 2.24) is 4.90 Å². The normalized spacial score (nSPS) is 21.4. The van der Waals surface area contributed by atoms with E-state index in [9.17, 15) is 4.79 Å². The third kappa shape index (κ3) is 9.37. The van der Waals surface area contributed by atoms with Gasteiger partial charge in [0.1, 0.15) is 17.6 Å². The van der Waals surface area contributed by atoms with Crippen LogP contribution >= 0.6 is 34.2 Å². The summed E-state index contributed by atoms with van der Waals surface area (Å²) in [5.74, 6) is 1.29. The number of hydrogen-bond acceptors (Lipinski definition) is 3. The zero-order chi connectivity index (χ0) is 21.6. The summed E-state index contributed by atoms with van der Waals surface area (Å²) in [5.41, 5.74) is 0. The molecule has 4 nitrogen and oxygen atoms in total. The summed E-state index contributed by atoms with van der Waals surface area (Å²) in [6, 6.07) is -0.135. The van der Waals surface area contributed by atoms with Crippen molar-refractivity contribution in [3.8, 4) is 0 Å². The Balaban J connectivity index is 2.87. The number of nitrogens with zero attached hydrogens (tertiary/aromatic N) is 1. The number of ether oxygens (including phenoxy) is 2. The Morgan fingerprint density at radius 3 is 2.59 bits per heavy atom. The maximum absolute atomic E-state index is 12.3. The first kappa shape index (κ1) is 25.0. The molecular formula is C23H27ClINO3. The molecule has 29 heavy (non-hydrogen) atoms.